The van der Waals surface area contributed by atoms with Gasteiger partial charge < -0.3 is 10.0 Å². The summed E-state index contributed by atoms with van der Waals surface area (Å²) in [6.45, 7) is 4.73. The van der Waals surface area contributed by atoms with E-state index in [9.17, 15) is 14.0 Å². The van der Waals surface area contributed by atoms with Crippen LogP contribution in [-0.2, 0) is 9.59 Å². The van der Waals surface area contributed by atoms with Gasteiger partial charge >= 0.3 is 5.97 Å². The molecule has 1 N–H and O–H groups in total. The minimum Gasteiger partial charge on any atom is -0.481 e. The van der Waals surface area contributed by atoms with Crippen molar-refractivity contribution < 1.29 is 19.1 Å². The number of halogens is 1. The van der Waals surface area contributed by atoms with Gasteiger partial charge in [-0.2, -0.15) is 0 Å². The van der Waals surface area contributed by atoms with Gasteiger partial charge in [-0.1, -0.05) is 19.1 Å². The lowest BCUT2D eigenvalue weighted by Crippen LogP contribution is -2.52. The molecule has 2 fully saturated rings. The van der Waals surface area contributed by atoms with Crippen LogP contribution in [0, 0.1) is 11.7 Å². The molecule has 2 aliphatic rings. The number of amides is 1. The van der Waals surface area contributed by atoms with Crippen LogP contribution in [0.5, 0.6) is 0 Å². The summed E-state index contributed by atoms with van der Waals surface area (Å²) in [5.41, 5.74) is 0.915. The zero-order valence-corrected chi connectivity index (χ0v) is 13.3. The van der Waals surface area contributed by atoms with Crippen molar-refractivity contribution in [2.45, 2.75) is 38.4 Å². The van der Waals surface area contributed by atoms with Crippen LogP contribution in [0.4, 0.5) is 4.39 Å². The molecule has 4 atom stereocenters. The Balaban J connectivity index is 1.70. The monoisotopic (exact) mass is 320 g/mol. The molecule has 2 heterocycles. The highest BCUT2D eigenvalue weighted by Gasteiger charge is 2.51. The van der Waals surface area contributed by atoms with Crippen LogP contribution < -0.4 is 0 Å². The summed E-state index contributed by atoms with van der Waals surface area (Å²) >= 11 is 0. The Kier molecular flexibility index (Phi) is 4.10. The smallest absolute Gasteiger partial charge is 0.307 e. The van der Waals surface area contributed by atoms with E-state index >= 15 is 0 Å². The number of hydrogen-bond donors (Lipinski definition) is 1. The average Bonchev–Trinajstić information content (AvgIpc) is 3.04. The first-order valence-electron chi connectivity index (χ1n) is 7.93. The molecule has 2 saturated heterocycles. The highest BCUT2D eigenvalue weighted by molar-refractivity contribution is 5.86. The maximum Gasteiger partial charge on any atom is 0.307 e. The molecule has 23 heavy (non-hydrogen) atoms. The van der Waals surface area contributed by atoms with Crippen LogP contribution in [0.25, 0.3) is 0 Å². The zero-order valence-electron chi connectivity index (χ0n) is 13.3. The second kappa shape index (κ2) is 5.92. The summed E-state index contributed by atoms with van der Waals surface area (Å²) in [6.07, 6.45) is 0.747. The third kappa shape index (κ3) is 2.83. The molecule has 124 valence electrons. The van der Waals surface area contributed by atoms with E-state index in [1.165, 1.54) is 12.1 Å². The molecule has 0 saturated carbocycles. The summed E-state index contributed by atoms with van der Waals surface area (Å²) in [7, 11) is 0. The fourth-order valence-corrected chi connectivity index (χ4v) is 3.73. The maximum absolute atomic E-state index is 13.1. The molecule has 0 aliphatic carbocycles. The Morgan fingerprint density at radius 3 is 2.57 bits per heavy atom. The fraction of sp³-hybridized carbons (Fsp3) is 0.529. The third-order valence-corrected chi connectivity index (χ3v) is 5.01. The average molecular weight is 320 g/mol. The van der Waals surface area contributed by atoms with Crippen molar-refractivity contribution in [1.29, 1.82) is 0 Å². The minimum absolute atomic E-state index is 0.0515. The van der Waals surface area contributed by atoms with Gasteiger partial charge in [0.2, 0.25) is 5.91 Å². The van der Waals surface area contributed by atoms with Crippen molar-refractivity contribution in [1.82, 2.24) is 9.80 Å². The lowest BCUT2D eigenvalue weighted by atomic mass is 10.1. The number of carbonyl (C=O) groups is 2. The molecule has 1 aromatic rings. The lowest BCUT2D eigenvalue weighted by molar-refractivity contribution is -0.145. The first kappa shape index (κ1) is 15.9. The van der Waals surface area contributed by atoms with Gasteiger partial charge in [0.15, 0.2) is 0 Å². The highest BCUT2D eigenvalue weighted by atomic mass is 19.1. The molecule has 6 heteroatoms. The second-order valence-corrected chi connectivity index (χ2v) is 6.57. The number of aliphatic carboxylic acids is 1. The van der Waals surface area contributed by atoms with Crippen molar-refractivity contribution in [2.24, 2.45) is 5.92 Å². The number of carboxylic acid groups (broad SMARTS) is 1. The van der Waals surface area contributed by atoms with Gasteiger partial charge in [0.05, 0.1) is 18.0 Å². The normalized spacial score (nSPS) is 26.6. The van der Waals surface area contributed by atoms with Crippen molar-refractivity contribution in [3.63, 3.8) is 0 Å². The van der Waals surface area contributed by atoms with Gasteiger partial charge in [-0.3, -0.25) is 14.5 Å². The molecule has 1 aromatic carbocycles. The standard InChI is InChI=1S/C17H21FN2O3/c1-10(17(22)23)8-19-9-14-7-15(19)16(21)20(14)11(2)12-3-5-13(18)6-4-12/h3-6,10-11,14-15H,7-9H2,1-2H3,(H,22,23)/t10?,11-,14-,15?/m0/s1. The van der Waals surface area contributed by atoms with Crippen LogP contribution >= 0.6 is 0 Å². The van der Waals surface area contributed by atoms with Crippen LogP contribution in [0.3, 0.4) is 0 Å². The number of nitrogens with zero attached hydrogens (tertiary/aromatic N) is 2. The first-order valence-corrected chi connectivity index (χ1v) is 7.93. The predicted molar refractivity (Wildman–Crippen MR) is 82.2 cm³/mol. The van der Waals surface area contributed by atoms with E-state index in [-0.39, 0.29) is 29.8 Å². The summed E-state index contributed by atoms with van der Waals surface area (Å²) in [5.74, 6) is -1.55. The summed E-state index contributed by atoms with van der Waals surface area (Å²) < 4.78 is 13.1. The maximum atomic E-state index is 13.1. The number of fused-ring (bicyclic) bond motifs is 2. The summed E-state index contributed by atoms with van der Waals surface area (Å²) in [4.78, 5) is 27.5. The highest BCUT2D eigenvalue weighted by Crippen LogP contribution is 2.38. The van der Waals surface area contributed by atoms with Gasteiger partial charge in [-0.15, -0.1) is 0 Å². The number of piperazine rings is 1. The van der Waals surface area contributed by atoms with E-state index in [0.29, 0.717) is 13.1 Å². The van der Waals surface area contributed by atoms with E-state index in [0.717, 1.165) is 12.0 Å². The fourth-order valence-electron chi connectivity index (χ4n) is 3.73. The molecular formula is C17H21FN2O3. The first-order chi connectivity index (χ1) is 10.9. The van der Waals surface area contributed by atoms with Crippen LogP contribution in [0.15, 0.2) is 24.3 Å². The Bertz CT molecular complexity index is 619. The van der Waals surface area contributed by atoms with E-state index in [1.54, 1.807) is 19.1 Å². The molecule has 0 aromatic heterocycles. The van der Waals surface area contributed by atoms with Crippen LogP contribution in [0.2, 0.25) is 0 Å². The van der Waals surface area contributed by atoms with Crippen molar-refractivity contribution in [3.8, 4) is 0 Å². The number of benzene rings is 1. The molecule has 2 aliphatic heterocycles. The molecular weight excluding hydrogens is 299 g/mol. The van der Waals surface area contributed by atoms with E-state index in [4.69, 9.17) is 5.11 Å². The minimum atomic E-state index is -0.836. The van der Waals surface area contributed by atoms with E-state index < -0.39 is 11.9 Å². The van der Waals surface area contributed by atoms with Gasteiger partial charge in [0.1, 0.15) is 5.82 Å². The predicted octanol–water partition coefficient (Wildman–Crippen LogP) is 1.89. The topological polar surface area (TPSA) is 60.9 Å². The Morgan fingerprint density at radius 2 is 2.00 bits per heavy atom. The number of carboxylic acids is 1. The van der Waals surface area contributed by atoms with Crippen LogP contribution in [0.1, 0.15) is 31.9 Å². The molecule has 0 radical (unpaired) electrons. The molecule has 1 amide bonds. The number of carbonyl (C=O) groups excluding carboxylic acids is 1. The Hall–Kier alpha value is -1.95. The Labute approximate surface area is 134 Å². The molecule has 0 spiro atoms. The van der Waals surface area contributed by atoms with Crippen molar-refractivity contribution in [3.05, 3.63) is 35.6 Å². The number of likely N-dealkylation sites (tertiary alicyclic amines) is 2. The molecule has 3 rings (SSSR count). The van der Waals surface area contributed by atoms with E-state index in [2.05, 4.69) is 0 Å². The largest absolute Gasteiger partial charge is 0.481 e. The number of rotatable bonds is 5. The zero-order chi connectivity index (χ0) is 16.7. The van der Waals surface area contributed by atoms with Gasteiger partial charge in [0, 0.05) is 19.1 Å². The Morgan fingerprint density at radius 1 is 1.35 bits per heavy atom. The summed E-state index contributed by atoms with van der Waals surface area (Å²) in [6, 6.07) is 6.03. The SMILES string of the molecule is CC(CN1C[C@@H]2CC1C(=O)N2[C@@H](C)c1ccc(F)cc1)C(=O)O. The summed E-state index contributed by atoms with van der Waals surface area (Å²) in [5, 5.41) is 9.04. The third-order valence-electron chi connectivity index (χ3n) is 5.01. The van der Waals surface area contributed by atoms with E-state index in [1.807, 2.05) is 16.7 Å². The van der Waals surface area contributed by atoms with Crippen LogP contribution in [-0.4, -0.2) is 52.0 Å². The molecule has 2 bridgehead atoms. The van der Waals surface area contributed by atoms with Gasteiger partial charge in [-0.05, 0) is 31.0 Å². The van der Waals surface area contributed by atoms with Gasteiger partial charge in [0.25, 0.3) is 0 Å². The van der Waals surface area contributed by atoms with Crippen molar-refractivity contribution >= 4 is 11.9 Å². The quantitative estimate of drug-likeness (QED) is 0.900. The number of hydrogen-bond acceptors (Lipinski definition) is 3. The lowest BCUT2D eigenvalue weighted by Gasteiger charge is -2.38. The van der Waals surface area contributed by atoms with Gasteiger partial charge in [-0.25, -0.2) is 4.39 Å². The molecule has 5 nitrogen and oxygen atoms in total. The molecule has 2 unspecified atom stereocenters. The van der Waals surface area contributed by atoms with Crippen molar-refractivity contribution in [2.75, 3.05) is 13.1 Å². The second-order valence-electron chi connectivity index (χ2n) is 6.57.